The lowest BCUT2D eigenvalue weighted by Gasteiger charge is -2.41. The molecule has 7 N–H and O–H groups in total. The van der Waals surface area contributed by atoms with Gasteiger partial charge in [0.1, 0.15) is 30.5 Å². The van der Waals surface area contributed by atoms with Crippen molar-refractivity contribution in [3.05, 3.63) is 36.5 Å². The van der Waals surface area contributed by atoms with Gasteiger partial charge in [0, 0.05) is 0 Å². The second-order valence-corrected chi connectivity index (χ2v) is 14.7. The van der Waals surface area contributed by atoms with Crippen LogP contribution in [-0.4, -0.2) is 107 Å². The molecule has 1 rings (SSSR count). The Morgan fingerprint density at radius 2 is 1.29 bits per heavy atom. The highest BCUT2D eigenvalue weighted by atomic mass is 32.3. The van der Waals surface area contributed by atoms with Crippen molar-refractivity contribution in [2.75, 3.05) is 13.2 Å². The van der Waals surface area contributed by atoms with Crippen LogP contribution in [0, 0.1) is 0 Å². The fourth-order valence-electron chi connectivity index (χ4n) is 5.83. The van der Waals surface area contributed by atoms with Crippen LogP contribution in [0.3, 0.4) is 0 Å². The van der Waals surface area contributed by atoms with E-state index in [9.17, 15) is 38.7 Å². The van der Waals surface area contributed by atoms with Gasteiger partial charge < -0.3 is 40.3 Å². The quantitative estimate of drug-likeness (QED) is 0.0284. The molecule has 1 aliphatic rings. The first-order chi connectivity index (χ1) is 24.9. The summed E-state index contributed by atoms with van der Waals surface area (Å²) >= 11 is 0. The minimum Gasteiger partial charge on any atom is -0.394 e. The molecular weight excluding hydrogens is 694 g/mol. The maximum atomic E-state index is 12.9. The normalized spacial score (nSPS) is 23.1. The van der Waals surface area contributed by atoms with E-state index in [1.165, 1.54) is 63.9 Å². The van der Waals surface area contributed by atoms with Crippen LogP contribution in [0.2, 0.25) is 0 Å². The number of carbonyl (C=O) groups is 1. The number of allylic oxidation sites excluding steroid dienone is 5. The zero-order valence-corrected chi connectivity index (χ0v) is 32.3. The van der Waals surface area contributed by atoms with Crippen molar-refractivity contribution in [3.8, 4) is 0 Å². The van der Waals surface area contributed by atoms with Gasteiger partial charge in [0.2, 0.25) is 5.91 Å². The van der Waals surface area contributed by atoms with Crippen LogP contribution in [0.25, 0.3) is 0 Å². The summed E-state index contributed by atoms with van der Waals surface area (Å²) < 4.78 is 47.2. The van der Waals surface area contributed by atoms with E-state index in [0.29, 0.717) is 12.8 Å². The maximum Gasteiger partial charge on any atom is 0.397 e. The van der Waals surface area contributed by atoms with E-state index in [0.717, 1.165) is 44.9 Å². The molecule has 1 fully saturated rings. The predicted octanol–water partition coefficient (Wildman–Crippen LogP) is 4.96. The number of hydrogen-bond donors (Lipinski definition) is 7. The van der Waals surface area contributed by atoms with E-state index in [2.05, 4.69) is 35.5 Å². The van der Waals surface area contributed by atoms with Crippen LogP contribution >= 0.6 is 0 Å². The van der Waals surface area contributed by atoms with Gasteiger partial charge in [-0.15, -0.1) is 0 Å². The zero-order valence-electron chi connectivity index (χ0n) is 31.5. The molecule has 8 unspecified atom stereocenters. The molecule has 52 heavy (non-hydrogen) atoms. The van der Waals surface area contributed by atoms with Gasteiger partial charge in [-0.2, -0.15) is 8.42 Å². The Morgan fingerprint density at radius 3 is 1.87 bits per heavy atom. The van der Waals surface area contributed by atoms with E-state index in [-0.39, 0.29) is 6.42 Å². The smallest absolute Gasteiger partial charge is 0.394 e. The fourth-order valence-corrected chi connectivity index (χ4v) is 6.34. The zero-order chi connectivity index (χ0) is 38.6. The monoisotopic (exact) mass is 763 g/mol. The van der Waals surface area contributed by atoms with Gasteiger partial charge in [0.25, 0.3) is 0 Å². The summed E-state index contributed by atoms with van der Waals surface area (Å²) in [7, 11) is -5.12. The molecule has 1 heterocycles. The highest BCUT2D eigenvalue weighted by molar-refractivity contribution is 7.80. The van der Waals surface area contributed by atoms with Gasteiger partial charge in [-0.3, -0.25) is 9.35 Å². The molecule has 1 saturated heterocycles. The number of hydrogen-bond acceptors (Lipinski definition) is 11. The predicted molar refractivity (Wildman–Crippen MR) is 201 cm³/mol. The molecule has 8 atom stereocenters. The third-order valence-electron chi connectivity index (χ3n) is 9.01. The number of nitrogens with one attached hydrogen (secondary N) is 1. The Kier molecular flexibility index (Phi) is 27.5. The molecule has 13 nitrogen and oxygen atoms in total. The van der Waals surface area contributed by atoms with Crippen molar-refractivity contribution in [2.45, 2.75) is 185 Å². The number of aliphatic hydroxyl groups excluding tert-OH is 5. The second kappa shape index (κ2) is 29.6. The van der Waals surface area contributed by atoms with E-state index < -0.39 is 78.5 Å². The highest BCUT2D eigenvalue weighted by Crippen LogP contribution is 2.26. The Balaban J connectivity index is 2.75. The summed E-state index contributed by atoms with van der Waals surface area (Å²) in [5, 5.41) is 54.7. The number of aliphatic hydroxyl groups is 5. The molecule has 0 radical (unpaired) electrons. The van der Waals surface area contributed by atoms with E-state index in [4.69, 9.17) is 14.0 Å². The SMILES string of the molecule is CCCCCC/C=C\CCC(O)C(=O)NC(COC1OC(CO)C(O)C(OS(=O)(=O)O)C1O)C(O)/C=C/CC/C=C/CCCCCCCCCCC. The molecule has 0 spiro atoms. The van der Waals surface area contributed by atoms with Crippen molar-refractivity contribution < 1.29 is 57.0 Å². The molecule has 0 aliphatic carbocycles. The van der Waals surface area contributed by atoms with Crippen LogP contribution in [0.5, 0.6) is 0 Å². The van der Waals surface area contributed by atoms with Crippen LogP contribution < -0.4 is 5.32 Å². The van der Waals surface area contributed by atoms with Crippen molar-refractivity contribution in [2.24, 2.45) is 0 Å². The molecule has 304 valence electrons. The van der Waals surface area contributed by atoms with Crippen LogP contribution in [0.4, 0.5) is 0 Å². The summed E-state index contributed by atoms with van der Waals surface area (Å²) in [6, 6.07) is -1.15. The lowest BCUT2D eigenvalue weighted by molar-refractivity contribution is -0.298. The van der Waals surface area contributed by atoms with Gasteiger partial charge >= 0.3 is 10.4 Å². The van der Waals surface area contributed by atoms with Crippen molar-refractivity contribution in [1.82, 2.24) is 5.32 Å². The van der Waals surface area contributed by atoms with Crippen LogP contribution in [-0.2, 0) is 28.9 Å². The third-order valence-corrected chi connectivity index (χ3v) is 9.47. The highest BCUT2D eigenvalue weighted by Gasteiger charge is 2.48. The van der Waals surface area contributed by atoms with Gasteiger partial charge in [-0.05, 0) is 51.4 Å². The molecule has 0 bridgehead atoms. The summed E-state index contributed by atoms with van der Waals surface area (Å²) in [6.45, 7) is 3.08. The number of amides is 1. The summed E-state index contributed by atoms with van der Waals surface area (Å²) in [5.74, 6) is -0.752. The number of ether oxygens (including phenoxy) is 2. The van der Waals surface area contributed by atoms with E-state index in [1.54, 1.807) is 6.08 Å². The largest absolute Gasteiger partial charge is 0.397 e. The first kappa shape index (κ1) is 48.3. The van der Waals surface area contributed by atoms with Gasteiger partial charge in [-0.1, -0.05) is 121 Å². The Hall–Kier alpha value is -1.72. The number of unbranched alkanes of at least 4 members (excludes halogenated alkanes) is 14. The summed E-state index contributed by atoms with van der Waals surface area (Å²) in [6.07, 6.45) is 19.9. The third kappa shape index (κ3) is 22.5. The Morgan fingerprint density at radius 1 is 0.769 bits per heavy atom. The van der Waals surface area contributed by atoms with Crippen molar-refractivity contribution >= 4 is 16.3 Å². The Labute approximate surface area is 312 Å². The van der Waals surface area contributed by atoms with Gasteiger partial charge in [0.05, 0.1) is 25.4 Å². The molecule has 1 aliphatic heterocycles. The van der Waals surface area contributed by atoms with Gasteiger partial charge in [0.15, 0.2) is 6.29 Å². The lowest BCUT2D eigenvalue weighted by Crippen LogP contribution is -2.61. The average molecular weight is 764 g/mol. The molecule has 0 saturated carbocycles. The standard InChI is InChI=1S/C38H69NO12S/c1-3-5-7-9-11-13-14-15-16-17-18-19-21-22-24-26-31(41)30(39-37(45)32(42)27-25-23-20-12-10-8-6-4-2)29-49-38-35(44)36(51-52(46,47)48)34(43)33(28-40)50-38/h18-20,23-24,26,30-36,38,40-44H,3-17,21-22,25,27-29H2,1-2H3,(H,39,45)(H,46,47,48)/b19-18+,23-20-,26-24+. The average Bonchev–Trinajstić information content (AvgIpc) is 3.11. The molecule has 0 aromatic rings. The Bertz CT molecular complexity index is 1100. The first-order valence-corrected chi connectivity index (χ1v) is 20.8. The summed E-state index contributed by atoms with van der Waals surface area (Å²) in [5.41, 5.74) is 0. The van der Waals surface area contributed by atoms with Crippen LogP contribution in [0.1, 0.15) is 136 Å². The molecular formula is C38H69NO12S. The maximum absolute atomic E-state index is 12.9. The fraction of sp³-hybridized carbons (Fsp3) is 0.816. The number of carbonyl (C=O) groups excluding carboxylic acids is 1. The van der Waals surface area contributed by atoms with Gasteiger partial charge in [-0.25, -0.2) is 4.18 Å². The van der Waals surface area contributed by atoms with Crippen molar-refractivity contribution in [3.63, 3.8) is 0 Å². The molecule has 0 aromatic heterocycles. The first-order valence-electron chi connectivity index (χ1n) is 19.5. The number of rotatable bonds is 31. The molecule has 1 amide bonds. The minimum atomic E-state index is -5.12. The summed E-state index contributed by atoms with van der Waals surface area (Å²) in [4.78, 5) is 12.9. The van der Waals surface area contributed by atoms with Crippen molar-refractivity contribution in [1.29, 1.82) is 0 Å². The second-order valence-electron chi connectivity index (χ2n) is 13.6. The topological polar surface area (TPSA) is 212 Å². The van der Waals surface area contributed by atoms with E-state index >= 15 is 0 Å². The molecule has 14 heteroatoms. The van der Waals surface area contributed by atoms with E-state index in [1.807, 2.05) is 12.2 Å². The lowest BCUT2D eigenvalue weighted by atomic mass is 9.99. The van der Waals surface area contributed by atoms with Crippen LogP contribution in [0.15, 0.2) is 36.5 Å². The minimum absolute atomic E-state index is 0.150. The molecule has 0 aromatic carbocycles.